The lowest BCUT2D eigenvalue weighted by Crippen LogP contribution is -2.48. The number of unbranched alkanes of at least 4 members (excludes halogenated alkanes) is 1. The average molecular weight is 499 g/mol. The summed E-state index contributed by atoms with van der Waals surface area (Å²) in [5.74, 6) is -1.87. The van der Waals surface area contributed by atoms with E-state index in [0.717, 1.165) is 18.4 Å². The molecule has 0 aromatic carbocycles. The average Bonchev–Trinajstić information content (AvgIpc) is 3.21. The maximum absolute atomic E-state index is 13.9. The van der Waals surface area contributed by atoms with Crippen LogP contribution in [0, 0.1) is 29.1 Å². The molecule has 6 heteroatoms. The molecular weight excluding hydrogens is 456 g/mol. The van der Waals surface area contributed by atoms with Crippen molar-refractivity contribution in [2.24, 2.45) is 29.1 Å². The van der Waals surface area contributed by atoms with Crippen LogP contribution in [0.3, 0.4) is 0 Å². The van der Waals surface area contributed by atoms with Crippen molar-refractivity contribution in [3.63, 3.8) is 0 Å². The first kappa shape index (κ1) is 28.1. The second-order valence-corrected chi connectivity index (χ2v) is 11.5. The summed E-state index contributed by atoms with van der Waals surface area (Å²) in [5, 5.41) is 11.1. The van der Waals surface area contributed by atoms with Crippen molar-refractivity contribution >= 4 is 17.7 Å². The lowest BCUT2D eigenvalue weighted by Gasteiger charge is -2.34. The van der Waals surface area contributed by atoms with E-state index < -0.39 is 35.7 Å². The van der Waals surface area contributed by atoms with E-state index in [1.54, 1.807) is 19.1 Å². The second-order valence-electron chi connectivity index (χ2n) is 11.5. The van der Waals surface area contributed by atoms with Crippen molar-refractivity contribution < 1.29 is 29.0 Å². The van der Waals surface area contributed by atoms with Crippen molar-refractivity contribution in [3.05, 3.63) is 47.6 Å². The van der Waals surface area contributed by atoms with Crippen LogP contribution in [0.5, 0.6) is 0 Å². The molecule has 2 saturated carbocycles. The Bertz CT molecular complexity index is 999. The third-order valence-electron chi connectivity index (χ3n) is 8.36. The molecule has 1 N–H and O–H groups in total. The number of esters is 2. The van der Waals surface area contributed by atoms with Crippen LogP contribution < -0.4 is 0 Å². The minimum atomic E-state index is -1.48. The summed E-state index contributed by atoms with van der Waals surface area (Å²) >= 11 is 0. The Balaban J connectivity index is 2.03. The Morgan fingerprint density at radius 1 is 1.17 bits per heavy atom. The number of carbonyl (C=O) groups is 3. The fourth-order valence-electron chi connectivity index (χ4n) is 6.10. The molecule has 0 aromatic rings. The Hall–Kier alpha value is -2.47. The number of Topliss-reactive ketones (excluding diaryl/α,β-unsaturated/α-hetero) is 1. The van der Waals surface area contributed by atoms with Gasteiger partial charge in [-0.25, -0.2) is 4.79 Å². The van der Waals surface area contributed by atoms with Crippen molar-refractivity contribution in [2.75, 3.05) is 0 Å². The minimum absolute atomic E-state index is 0.0547. The van der Waals surface area contributed by atoms with E-state index in [1.807, 2.05) is 32.1 Å². The zero-order valence-electron chi connectivity index (χ0n) is 22.7. The van der Waals surface area contributed by atoms with Crippen LogP contribution in [0.15, 0.2) is 47.6 Å². The molecule has 0 spiro atoms. The first-order chi connectivity index (χ1) is 16.8. The third kappa shape index (κ3) is 5.59. The minimum Gasteiger partial charge on any atom is -0.455 e. The molecular formula is C30H42O6. The van der Waals surface area contributed by atoms with Crippen LogP contribution in [0.2, 0.25) is 0 Å². The van der Waals surface area contributed by atoms with Gasteiger partial charge < -0.3 is 14.6 Å². The fourth-order valence-corrected chi connectivity index (χ4v) is 6.10. The Labute approximate surface area is 215 Å². The molecule has 0 bridgehead atoms. The third-order valence-corrected chi connectivity index (χ3v) is 8.36. The molecule has 0 aromatic heterocycles. The lowest BCUT2D eigenvalue weighted by molar-refractivity contribution is -0.168. The number of carbonyl (C=O) groups excluding carboxylic acids is 3. The molecule has 0 amide bonds. The highest BCUT2D eigenvalue weighted by Crippen LogP contribution is 2.62. The van der Waals surface area contributed by atoms with Crippen LogP contribution >= 0.6 is 0 Å². The van der Waals surface area contributed by atoms with E-state index in [4.69, 9.17) is 9.47 Å². The Morgan fingerprint density at radius 2 is 1.86 bits per heavy atom. The van der Waals surface area contributed by atoms with Gasteiger partial charge in [-0.15, -0.1) is 0 Å². The molecule has 0 unspecified atom stereocenters. The summed E-state index contributed by atoms with van der Waals surface area (Å²) in [6.45, 7) is 13.2. The molecule has 7 atom stereocenters. The first-order valence-corrected chi connectivity index (χ1v) is 13.2. The zero-order valence-corrected chi connectivity index (χ0v) is 22.7. The molecule has 36 heavy (non-hydrogen) atoms. The van der Waals surface area contributed by atoms with Crippen LogP contribution in [0.4, 0.5) is 0 Å². The molecule has 198 valence electrons. The number of ether oxygens (including phenoxy) is 2. The van der Waals surface area contributed by atoms with Gasteiger partial charge in [0.25, 0.3) is 0 Å². The molecule has 3 aliphatic carbocycles. The van der Waals surface area contributed by atoms with Crippen molar-refractivity contribution in [1.29, 1.82) is 0 Å². The van der Waals surface area contributed by atoms with Crippen molar-refractivity contribution in [3.8, 4) is 0 Å². The molecule has 2 fully saturated rings. The Morgan fingerprint density at radius 3 is 2.50 bits per heavy atom. The van der Waals surface area contributed by atoms with Gasteiger partial charge >= 0.3 is 11.9 Å². The molecule has 3 aliphatic rings. The van der Waals surface area contributed by atoms with Gasteiger partial charge in [0.15, 0.2) is 5.60 Å². The van der Waals surface area contributed by atoms with E-state index in [2.05, 4.69) is 20.8 Å². The van der Waals surface area contributed by atoms with Crippen LogP contribution in [0.25, 0.3) is 0 Å². The highest BCUT2D eigenvalue weighted by Gasteiger charge is 2.61. The smallest absolute Gasteiger partial charge is 0.331 e. The largest absolute Gasteiger partial charge is 0.455 e. The number of aliphatic hydroxyl groups is 1. The topological polar surface area (TPSA) is 89.9 Å². The molecule has 0 radical (unpaired) electrons. The number of ketones is 1. The maximum atomic E-state index is 13.9. The quantitative estimate of drug-likeness (QED) is 0.232. The number of hydrogen-bond donors (Lipinski definition) is 1. The van der Waals surface area contributed by atoms with E-state index in [0.29, 0.717) is 12.0 Å². The molecule has 0 aliphatic heterocycles. The van der Waals surface area contributed by atoms with Crippen LogP contribution in [-0.4, -0.2) is 40.6 Å². The first-order valence-electron chi connectivity index (χ1n) is 13.2. The monoisotopic (exact) mass is 498 g/mol. The predicted molar refractivity (Wildman–Crippen MR) is 139 cm³/mol. The van der Waals surface area contributed by atoms with Gasteiger partial charge in [-0.1, -0.05) is 64.5 Å². The summed E-state index contributed by atoms with van der Waals surface area (Å²) in [7, 11) is 0. The highest BCUT2D eigenvalue weighted by atomic mass is 16.6. The number of rotatable bonds is 6. The highest BCUT2D eigenvalue weighted by molar-refractivity contribution is 6.03. The van der Waals surface area contributed by atoms with E-state index in [1.165, 1.54) is 13.0 Å². The fraction of sp³-hybridized carbons (Fsp3) is 0.633. The molecule has 0 heterocycles. The molecule has 3 rings (SSSR count). The summed E-state index contributed by atoms with van der Waals surface area (Å²) < 4.78 is 11.7. The summed E-state index contributed by atoms with van der Waals surface area (Å²) in [6, 6.07) is 0. The number of aliphatic hydroxyl groups excluding tert-OH is 1. The second kappa shape index (κ2) is 10.9. The van der Waals surface area contributed by atoms with Gasteiger partial charge in [-0.05, 0) is 61.0 Å². The summed E-state index contributed by atoms with van der Waals surface area (Å²) in [4.78, 5) is 38.7. The molecule has 6 nitrogen and oxygen atoms in total. The molecule has 0 saturated heterocycles. The Kier molecular flexibility index (Phi) is 8.49. The van der Waals surface area contributed by atoms with Gasteiger partial charge in [-0.2, -0.15) is 0 Å². The standard InChI is InChI=1S/C30H42O6/c1-8-9-10-11-12-13-26(32)35-25-16-23-22(29(23,6)7)15-19(3)28(34)30(36-21(5)31)17-20(4)27(33)24(30)14-18(25)2/h10-15,20,22-25,27,33H,8-9,16-17H2,1-7H3/b11-10-,13-12+,18-14-,19-15-/t20-,22-,23+,24+,25-,27+,30-/m1/s1. The normalized spacial score (nSPS) is 38.8. The zero-order chi connectivity index (χ0) is 26.8. The van der Waals surface area contributed by atoms with Gasteiger partial charge in [0.2, 0.25) is 5.78 Å². The van der Waals surface area contributed by atoms with Gasteiger partial charge in [0, 0.05) is 19.4 Å². The van der Waals surface area contributed by atoms with Crippen LogP contribution in [0.1, 0.15) is 74.1 Å². The van der Waals surface area contributed by atoms with Crippen molar-refractivity contribution in [2.45, 2.75) is 92.0 Å². The number of allylic oxidation sites excluding steroid dienone is 4. The van der Waals surface area contributed by atoms with E-state index >= 15 is 0 Å². The SMILES string of the molecule is CCC/C=C\C=C\C(=O)O[C@@H]1C[C@H]2[C@@H](/C=C(/C)C(=O)[C@@]3(OC(C)=O)C[C@@H](C)[C@H](O)[C@@H]3/C=C\1C)C2(C)C. The summed E-state index contributed by atoms with van der Waals surface area (Å²) in [6.07, 6.45) is 12.2. The number of fused-ring (bicyclic) bond motifs is 2. The number of hydrogen-bond acceptors (Lipinski definition) is 6. The van der Waals surface area contributed by atoms with E-state index in [-0.39, 0.29) is 35.4 Å². The summed E-state index contributed by atoms with van der Waals surface area (Å²) in [5.41, 5.74) is -0.238. The maximum Gasteiger partial charge on any atom is 0.331 e. The van der Waals surface area contributed by atoms with Gasteiger partial charge in [-0.3, -0.25) is 9.59 Å². The lowest BCUT2D eigenvalue weighted by atomic mass is 9.80. The van der Waals surface area contributed by atoms with Crippen LogP contribution in [-0.2, 0) is 23.9 Å². The predicted octanol–water partition coefficient (Wildman–Crippen LogP) is 5.27. The van der Waals surface area contributed by atoms with Gasteiger partial charge in [0.05, 0.1) is 12.0 Å². The van der Waals surface area contributed by atoms with E-state index in [9.17, 15) is 19.5 Å². The van der Waals surface area contributed by atoms with Gasteiger partial charge in [0.1, 0.15) is 6.10 Å². The van der Waals surface area contributed by atoms with Crippen molar-refractivity contribution in [1.82, 2.24) is 0 Å².